The Bertz CT molecular complexity index is 656. The molecule has 0 radical (unpaired) electrons. The molecule has 0 aliphatic carbocycles. The highest BCUT2D eigenvalue weighted by Crippen LogP contribution is 2.23. The van der Waals surface area contributed by atoms with Crippen LogP contribution in [0.15, 0.2) is 42.5 Å². The molecule has 4 heteroatoms. The third-order valence-corrected chi connectivity index (χ3v) is 4.07. The SMILES string of the molecule is Cc1cc(Cl)c(C(=O)NC(CCO)c2ccccc2)cc1C. The highest BCUT2D eigenvalue weighted by atomic mass is 35.5. The van der Waals surface area contributed by atoms with Gasteiger partial charge < -0.3 is 10.4 Å². The third kappa shape index (κ3) is 3.87. The number of amides is 1. The van der Waals surface area contributed by atoms with Crippen molar-refractivity contribution in [2.45, 2.75) is 26.3 Å². The fourth-order valence-corrected chi connectivity index (χ4v) is 2.63. The molecule has 0 bridgehead atoms. The van der Waals surface area contributed by atoms with Gasteiger partial charge in [0.2, 0.25) is 0 Å². The second kappa shape index (κ2) is 7.43. The average molecular weight is 318 g/mol. The van der Waals surface area contributed by atoms with Crippen LogP contribution < -0.4 is 5.32 Å². The Morgan fingerprint density at radius 1 is 1.18 bits per heavy atom. The van der Waals surface area contributed by atoms with E-state index in [9.17, 15) is 9.90 Å². The minimum atomic E-state index is -0.239. The highest BCUT2D eigenvalue weighted by molar-refractivity contribution is 6.34. The number of hydrogen-bond donors (Lipinski definition) is 2. The van der Waals surface area contributed by atoms with Crippen molar-refractivity contribution >= 4 is 17.5 Å². The van der Waals surface area contributed by atoms with Gasteiger partial charge in [-0.05, 0) is 49.1 Å². The summed E-state index contributed by atoms with van der Waals surface area (Å²) in [7, 11) is 0. The van der Waals surface area contributed by atoms with E-state index >= 15 is 0 Å². The van der Waals surface area contributed by atoms with Gasteiger partial charge in [0.15, 0.2) is 0 Å². The molecule has 0 aromatic heterocycles. The van der Waals surface area contributed by atoms with Crippen LogP contribution in [-0.4, -0.2) is 17.6 Å². The predicted molar refractivity (Wildman–Crippen MR) is 89.3 cm³/mol. The number of carbonyl (C=O) groups is 1. The van der Waals surface area contributed by atoms with Crippen molar-refractivity contribution in [3.63, 3.8) is 0 Å². The normalized spacial score (nSPS) is 12.0. The molecule has 2 aromatic carbocycles. The monoisotopic (exact) mass is 317 g/mol. The molecular formula is C18H20ClNO2. The first kappa shape index (κ1) is 16.5. The van der Waals surface area contributed by atoms with Gasteiger partial charge in [-0.2, -0.15) is 0 Å². The van der Waals surface area contributed by atoms with Crippen LogP contribution in [0.25, 0.3) is 0 Å². The van der Waals surface area contributed by atoms with Gasteiger partial charge in [0.25, 0.3) is 5.91 Å². The first-order valence-corrected chi connectivity index (χ1v) is 7.64. The maximum absolute atomic E-state index is 12.5. The molecule has 0 saturated heterocycles. The lowest BCUT2D eigenvalue weighted by atomic mass is 10.0. The Balaban J connectivity index is 2.24. The molecule has 2 rings (SSSR count). The number of aryl methyl sites for hydroxylation is 2. The molecule has 0 aliphatic rings. The predicted octanol–water partition coefficient (Wildman–Crippen LogP) is 3.81. The zero-order chi connectivity index (χ0) is 16.1. The number of benzene rings is 2. The molecule has 2 aromatic rings. The van der Waals surface area contributed by atoms with Crippen LogP contribution in [0.3, 0.4) is 0 Å². The molecule has 0 aliphatic heterocycles. The summed E-state index contributed by atoms with van der Waals surface area (Å²) in [6.07, 6.45) is 0.457. The molecule has 116 valence electrons. The van der Waals surface area contributed by atoms with Crippen LogP contribution in [0.2, 0.25) is 5.02 Å². The summed E-state index contributed by atoms with van der Waals surface area (Å²) in [5.41, 5.74) is 3.50. The second-order valence-electron chi connectivity index (χ2n) is 5.37. The highest BCUT2D eigenvalue weighted by Gasteiger charge is 2.17. The lowest BCUT2D eigenvalue weighted by Gasteiger charge is -2.19. The molecule has 0 saturated carbocycles. The first-order valence-electron chi connectivity index (χ1n) is 7.26. The Morgan fingerprint density at radius 2 is 1.82 bits per heavy atom. The summed E-state index contributed by atoms with van der Waals surface area (Å²) in [5, 5.41) is 12.6. The third-order valence-electron chi connectivity index (χ3n) is 3.75. The molecule has 1 amide bonds. The van der Waals surface area contributed by atoms with E-state index in [-0.39, 0.29) is 18.6 Å². The van der Waals surface area contributed by atoms with Crippen LogP contribution in [0.5, 0.6) is 0 Å². The van der Waals surface area contributed by atoms with Gasteiger partial charge in [-0.15, -0.1) is 0 Å². The van der Waals surface area contributed by atoms with Gasteiger partial charge in [0.05, 0.1) is 16.6 Å². The minimum Gasteiger partial charge on any atom is -0.396 e. The molecule has 2 N–H and O–H groups in total. The molecule has 1 atom stereocenters. The van der Waals surface area contributed by atoms with Gasteiger partial charge in [-0.25, -0.2) is 0 Å². The van der Waals surface area contributed by atoms with Gasteiger partial charge in [-0.3, -0.25) is 4.79 Å². The van der Waals surface area contributed by atoms with E-state index in [1.54, 1.807) is 12.1 Å². The number of hydrogen-bond acceptors (Lipinski definition) is 2. The molecule has 22 heavy (non-hydrogen) atoms. The van der Waals surface area contributed by atoms with E-state index in [2.05, 4.69) is 5.32 Å². The number of aliphatic hydroxyl groups is 1. The topological polar surface area (TPSA) is 49.3 Å². The first-order chi connectivity index (χ1) is 10.5. The van der Waals surface area contributed by atoms with Gasteiger partial charge in [0, 0.05) is 6.61 Å². The van der Waals surface area contributed by atoms with E-state index in [0.29, 0.717) is 17.0 Å². The smallest absolute Gasteiger partial charge is 0.253 e. The van der Waals surface area contributed by atoms with E-state index in [4.69, 9.17) is 11.6 Å². The second-order valence-corrected chi connectivity index (χ2v) is 5.77. The lowest BCUT2D eigenvalue weighted by Crippen LogP contribution is -2.29. The van der Waals surface area contributed by atoms with Crippen molar-refractivity contribution in [1.82, 2.24) is 5.32 Å². The summed E-state index contributed by atoms with van der Waals surface area (Å²) < 4.78 is 0. The molecule has 0 fully saturated rings. The van der Waals surface area contributed by atoms with Gasteiger partial charge in [-0.1, -0.05) is 41.9 Å². The van der Waals surface area contributed by atoms with E-state index in [0.717, 1.165) is 16.7 Å². The zero-order valence-corrected chi connectivity index (χ0v) is 13.5. The van der Waals surface area contributed by atoms with Crippen molar-refractivity contribution < 1.29 is 9.90 Å². The lowest BCUT2D eigenvalue weighted by molar-refractivity contribution is 0.0930. The average Bonchev–Trinajstić information content (AvgIpc) is 2.51. The van der Waals surface area contributed by atoms with Crippen LogP contribution in [0, 0.1) is 13.8 Å². The van der Waals surface area contributed by atoms with Crippen molar-refractivity contribution in [1.29, 1.82) is 0 Å². The summed E-state index contributed by atoms with van der Waals surface area (Å²) >= 11 is 6.19. The largest absolute Gasteiger partial charge is 0.396 e. The van der Waals surface area contributed by atoms with Gasteiger partial charge >= 0.3 is 0 Å². The van der Waals surface area contributed by atoms with Crippen molar-refractivity contribution in [3.8, 4) is 0 Å². The van der Waals surface area contributed by atoms with Crippen molar-refractivity contribution in [2.24, 2.45) is 0 Å². The number of nitrogens with one attached hydrogen (secondary N) is 1. The molecule has 0 spiro atoms. The summed E-state index contributed by atoms with van der Waals surface area (Å²) in [5.74, 6) is -0.226. The van der Waals surface area contributed by atoms with E-state index in [1.165, 1.54) is 0 Å². The Labute approximate surface area is 135 Å². The van der Waals surface area contributed by atoms with Gasteiger partial charge in [0.1, 0.15) is 0 Å². The van der Waals surface area contributed by atoms with Crippen molar-refractivity contribution in [2.75, 3.05) is 6.61 Å². The van der Waals surface area contributed by atoms with E-state index < -0.39 is 0 Å². The summed E-state index contributed by atoms with van der Waals surface area (Å²) in [6, 6.07) is 13.0. The molecule has 0 heterocycles. The Kier molecular flexibility index (Phi) is 5.58. The maximum atomic E-state index is 12.5. The zero-order valence-electron chi connectivity index (χ0n) is 12.8. The van der Waals surface area contributed by atoms with Crippen molar-refractivity contribution in [3.05, 3.63) is 69.7 Å². The Morgan fingerprint density at radius 3 is 2.45 bits per heavy atom. The fourth-order valence-electron chi connectivity index (χ4n) is 2.33. The standard InChI is InChI=1S/C18H20ClNO2/c1-12-10-15(16(19)11-13(12)2)18(22)20-17(8-9-21)14-6-4-3-5-7-14/h3-7,10-11,17,21H,8-9H2,1-2H3,(H,20,22). The molecular weight excluding hydrogens is 298 g/mol. The number of carbonyl (C=O) groups excluding carboxylic acids is 1. The number of halogens is 1. The van der Waals surface area contributed by atoms with Crippen LogP contribution in [-0.2, 0) is 0 Å². The van der Waals surface area contributed by atoms with Crippen LogP contribution in [0.4, 0.5) is 0 Å². The minimum absolute atomic E-state index is 0.000495. The van der Waals surface area contributed by atoms with Crippen LogP contribution in [0.1, 0.15) is 39.5 Å². The number of rotatable bonds is 5. The van der Waals surface area contributed by atoms with Crippen LogP contribution >= 0.6 is 11.6 Å². The Hall–Kier alpha value is -1.84. The molecule has 3 nitrogen and oxygen atoms in total. The quantitative estimate of drug-likeness (QED) is 0.881. The maximum Gasteiger partial charge on any atom is 0.253 e. The summed E-state index contributed by atoms with van der Waals surface area (Å²) in [6.45, 7) is 3.91. The summed E-state index contributed by atoms with van der Waals surface area (Å²) in [4.78, 5) is 12.5. The molecule has 1 unspecified atom stereocenters. The van der Waals surface area contributed by atoms with E-state index in [1.807, 2.05) is 44.2 Å². The fraction of sp³-hybridized carbons (Fsp3) is 0.278. The number of aliphatic hydroxyl groups excluding tert-OH is 1.